The summed E-state index contributed by atoms with van der Waals surface area (Å²) in [7, 11) is -1.90. The molecule has 0 atom stereocenters. The van der Waals surface area contributed by atoms with Crippen LogP contribution in [0.3, 0.4) is 0 Å². The van der Waals surface area contributed by atoms with Gasteiger partial charge in [0.05, 0.1) is 11.5 Å². The van der Waals surface area contributed by atoms with Gasteiger partial charge in [-0.3, -0.25) is 0 Å². The molecule has 1 aromatic carbocycles. The highest BCUT2D eigenvalue weighted by Gasteiger charge is 2.26. The Hall–Kier alpha value is -0.950. The molecule has 0 radical (unpaired) electrons. The Labute approximate surface area is 126 Å². The average molecular weight is 313 g/mol. The molecule has 0 unspecified atom stereocenters. The summed E-state index contributed by atoms with van der Waals surface area (Å²) in [5.74, 6) is 0.347. The first-order valence-electron chi connectivity index (χ1n) is 7.20. The molecule has 6 heteroatoms. The summed E-state index contributed by atoms with van der Waals surface area (Å²) in [5, 5.41) is 9.29. The molecule has 0 saturated carbocycles. The Morgan fingerprint density at radius 2 is 2.00 bits per heavy atom. The number of ether oxygens (including phenoxy) is 1. The predicted octanol–water partition coefficient (Wildman–Crippen LogP) is 1.53. The van der Waals surface area contributed by atoms with Crippen LogP contribution < -0.4 is 0 Å². The average Bonchev–Trinajstić information content (AvgIpc) is 2.48. The molecule has 1 N–H and O–H groups in total. The smallest absolute Gasteiger partial charge is 0.243 e. The maximum atomic E-state index is 12.7. The molecule has 0 amide bonds. The monoisotopic (exact) mass is 313 g/mol. The van der Waals surface area contributed by atoms with Crippen molar-refractivity contribution in [3.63, 3.8) is 0 Å². The summed E-state index contributed by atoms with van der Waals surface area (Å²) in [4.78, 5) is 0.281. The zero-order valence-corrected chi connectivity index (χ0v) is 13.4. The van der Waals surface area contributed by atoms with Crippen LogP contribution >= 0.6 is 0 Å². The van der Waals surface area contributed by atoms with Crippen molar-refractivity contribution >= 4 is 10.0 Å². The van der Waals surface area contributed by atoms with Gasteiger partial charge in [-0.25, -0.2) is 12.7 Å². The molecule has 2 rings (SSSR count). The molecule has 1 aromatic rings. The summed E-state index contributed by atoms with van der Waals surface area (Å²) in [6.07, 6.45) is 1.80. The van der Waals surface area contributed by atoms with Gasteiger partial charge in [-0.15, -0.1) is 0 Å². The van der Waals surface area contributed by atoms with E-state index in [2.05, 4.69) is 0 Å². The Kier molecular flexibility index (Phi) is 5.37. The van der Waals surface area contributed by atoms with Crippen LogP contribution in [0.4, 0.5) is 0 Å². The molecule has 118 valence electrons. The Bertz CT molecular complexity index is 579. The predicted molar refractivity (Wildman–Crippen MR) is 80.5 cm³/mol. The quantitative estimate of drug-likeness (QED) is 0.895. The highest BCUT2D eigenvalue weighted by molar-refractivity contribution is 7.89. The van der Waals surface area contributed by atoms with Crippen molar-refractivity contribution in [1.29, 1.82) is 0 Å². The van der Waals surface area contributed by atoms with Crippen molar-refractivity contribution in [3.8, 4) is 0 Å². The number of hydrogen-bond donors (Lipinski definition) is 1. The third-order valence-corrected chi connectivity index (χ3v) is 6.08. The largest absolute Gasteiger partial charge is 0.392 e. The van der Waals surface area contributed by atoms with Gasteiger partial charge in [0.2, 0.25) is 10.0 Å². The molecule has 1 saturated heterocycles. The van der Waals surface area contributed by atoms with Crippen molar-refractivity contribution in [3.05, 3.63) is 29.3 Å². The molecule has 5 nitrogen and oxygen atoms in total. The normalized spacial score (nSPS) is 17.3. The van der Waals surface area contributed by atoms with Crippen LogP contribution in [-0.2, 0) is 21.4 Å². The van der Waals surface area contributed by atoms with E-state index in [4.69, 9.17) is 4.74 Å². The van der Waals surface area contributed by atoms with E-state index in [-0.39, 0.29) is 11.5 Å². The number of aliphatic hydroxyl groups excluding tert-OH is 1. The first-order valence-corrected chi connectivity index (χ1v) is 8.64. The minimum absolute atomic E-state index is 0.154. The van der Waals surface area contributed by atoms with Crippen LogP contribution in [0.5, 0.6) is 0 Å². The van der Waals surface area contributed by atoms with Gasteiger partial charge in [0.1, 0.15) is 0 Å². The minimum Gasteiger partial charge on any atom is -0.392 e. The second-order valence-corrected chi connectivity index (χ2v) is 7.55. The lowest BCUT2D eigenvalue weighted by Crippen LogP contribution is -2.34. The first kappa shape index (κ1) is 16.4. The fraction of sp³-hybridized carbons (Fsp3) is 0.600. The van der Waals surface area contributed by atoms with E-state index in [9.17, 15) is 13.5 Å². The van der Waals surface area contributed by atoms with E-state index in [0.29, 0.717) is 36.8 Å². The van der Waals surface area contributed by atoms with E-state index < -0.39 is 10.0 Å². The van der Waals surface area contributed by atoms with Crippen LogP contribution in [-0.4, -0.2) is 44.6 Å². The van der Waals surface area contributed by atoms with Gasteiger partial charge in [0.15, 0.2) is 0 Å². The molecule has 1 fully saturated rings. The van der Waals surface area contributed by atoms with Gasteiger partial charge in [-0.2, -0.15) is 0 Å². The molecule has 21 heavy (non-hydrogen) atoms. The number of sulfonamides is 1. The zero-order valence-electron chi connectivity index (χ0n) is 12.6. The van der Waals surface area contributed by atoms with Gasteiger partial charge < -0.3 is 9.84 Å². The fourth-order valence-electron chi connectivity index (χ4n) is 2.67. The van der Waals surface area contributed by atoms with Gasteiger partial charge in [-0.05, 0) is 42.9 Å². The Morgan fingerprint density at radius 3 is 2.62 bits per heavy atom. The van der Waals surface area contributed by atoms with Gasteiger partial charge >= 0.3 is 0 Å². The van der Waals surface area contributed by atoms with Crippen molar-refractivity contribution in [1.82, 2.24) is 4.31 Å². The van der Waals surface area contributed by atoms with E-state index in [1.54, 1.807) is 32.2 Å². The fourth-order valence-corrected chi connectivity index (χ4v) is 4.18. The zero-order chi connectivity index (χ0) is 15.5. The number of rotatable bonds is 5. The standard InChI is InChI=1S/C15H23NO4S/c1-12-14(11-17)4-3-5-15(12)21(18,19)16(2)10-13-6-8-20-9-7-13/h3-5,13,17H,6-11H2,1-2H3. The molecular weight excluding hydrogens is 290 g/mol. The van der Waals surface area contributed by atoms with Crippen molar-refractivity contribution in [2.24, 2.45) is 5.92 Å². The Morgan fingerprint density at radius 1 is 1.33 bits per heavy atom. The number of benzene rings is 1. The van der Waals surface area contributed by atoms with Gasteiger partial charge in [0, 0.05) is 26.8 Å². The van der Waals surface area contributed by atoms with Gasteiger partial charge in [-0.1, -0.05) is 12.1 Å². The Balaban J connectivity index is 2.20. The lowest BCUT2D eigenvalue weighted by atomic mass is 10.0. The molecule has 1 aliphatic heterocycles. The lowest BCUT2D eigenvalue weighted by Gasteiger charge is -2.27. The molecule has 0 spiro atoms. The molecule has 0 aliphatic carbocycles. The van der Waals surface area contributed by atoms with E-state index in [1.165, 1.54) is 4.31 Å². The van der Waals surface area contributed by atoms with E-state index >= 15 is 0 Å². The molecule has 0 aromatic heterocycles. The van der Waals surface area contributed by atoms with Crippen LogP contribution in [0.25, 0.3) is 0 Å². The van der Waals surface area contributed by atoms with E-state index in [1.807, 2.05) is 0 Å². The summed E-state index contributed by atoms with van der Waals surface area (Å²) in [6, 6.07) is 5.02. The summed E-state index contributed by atoms with van der Waals surface area (Å²) < 4.78 is 32.1. The molecular formula is C15H23NO4S. The van der Waals surface area contributed by atoms with E-state index in [0.717, 1.165) is 12.8 Å². The highest BCUT2D eigenvalue weighted by atomic mass is 32.2. The summed E-state index contributed by atoms with van der Waals surface area (Å²) >= 11 is 0. The second-order valence-electron chi connectivity index (χ2n) is 5.54. The minimum atomic E-state index is -3.52. The maximum Gasteiger partial charge on any atom is 0.243 e. The van der Waals surface area contributed by atoms with Crippen molar-refractivity contribution in [2.75, 3.05) is 26.8 Å². The molecule has 1 aliphatic rings. The van der Waals surface area contributed by atoms with Crippen LogP contribution in [0.1, 0.15) is 24.0 Å². The van der Waals surface area contributed by atoms with Crippen molar-refractivity contribution < 1.29 is 18.3 Å². The van der Waals surface area contributed by atoms with Crippen LogP contribution in [0.2, 0.25) is 0 Å². The number of nitrogens with zero attached hydrogens (tertiary/aromatic N) is 1. The molecule has 0 bridgehead atoms. The SMILES string of the molecule is Cc1c(CO)cccc1S(=O)(=O)N(C)CC1CCOCC1. The maximum absolute atomic E-state index is 12.7. The second kappa shape index (κ2) is 6.87. The lowest BCUT2D eigenvalue weighted by molar-refractivity contribution is 0.0620. The topological polar surface area (TPSA) is 66.8 Å². The summed E-state index contributed by atoms with van der Waals surface area (Å²) in [5.41, 5.74) is 1.27. The van der Waals surface area contributed by atoms with Crippen molar-refractivity contribution in [2.45, 2.75) is 31.3 Å². The number of aliphatic hydroxyl groups is 1. The van der Waals surface area contributed by atoms with Crippen LogP contribution in [0.15, 0.2) is 23.1 Å². The van der Waals surface area contributed by atoms with Gasteiger partial charge in [0.25, 0.3) is 0 Å². The molecule has 1 heterocycles. The van der Waals surface area contributed by atoms with Crippen LogP contribution in [0, 0.1) is 12.8 Å². The summed E-state index contributed by atoms with van der Waals surface area (Å²) in [6.45, 7) is 3.50. The number of hydrogen-bond acceptors (Lipinski definition) is 4. The third-order valence-electron chi connectivity index (χ3n) is 4.11. The third kappa shape index (κ3) is 3.63. The first-order chi connectivity index (χ1) is 9.96. The highest BCUT2D eigenvalue weighted by Crippen LogP contribution is 2.24.